The Morgan fingerprint density at radius 2 is 2.14 bits per heavy atom. The predicted molar refractivity (Wildman–Crippen MR) is 28.8 cm³/mol. The van der Waals surface area contributed by atoms with Crippen molar-refractivity contribution in [3.63, 3.8) is 0 Å². The van der Waals surface area contributed by atoms with E-state index in [0.717, 1.165) is 6.42 Å². The van der Waals surface area contributed by atoms with Gasteiger partial charge in [-0.3, -0.25) is 6.08 Å². The van der Waals surface area contributed by atoms with Gasteiger partial charge in [0.2, 0.25) is 0 Å². The first-order valence-electron chi connectivity index (χ1n) is 1.72. The van der Waals surface area contributed by atoms with Crippen LogP contribution in [0.15, 0.2) is 18.2 Å². The molecule has 0 aromatic heterocycles. The number of allylic oxidation sites excluding steroid dienone is 4. The molecular weight excluding hydrogens is 274 g/mol. The third-order valence-electron chi connectivity index (χ3n) is 0.586. The molecule has 0 aromatic carbocycles. The topological polar surface area (TPSA) is 0 Å². The molecule has 0 spiro atoms. The Morgan fingerprint density at radius 3 is 2.29 bits per heavy atom. The Labute approximate surface area is 68.9 Å². The minimum Gasteiger partial charge on any atom is -0.273 e. The summed E-state index contributed by atoms with van der Waals surface area (Å²) in [4.78, 5) is 0. The van der Waals surface area contributed by atoms with Crippen LogP contribution in [0.1, 0.15) is 6.42 Å². The molecule has 0 atom stereocenters. The van der Waals surface area contributed by atoms with E-state index in [0.29, 0.717) is 0 Å². The summed E-state index contributed by atoms with van der Waals surface area (Å²) in [6.07, 6.45) is 10.0. The van der Waals surface area contributed by atoms with E-state index in [1.165, 1.54) is 0 Å². The summed E-state index contributed by atoms with van der Waals surface area (Å²) >= 11 is 0. The molecule has 0 aromatic rings. The fraction of sp³-hybridized carbons (Fsp3) is 0.200. The van der Waals surface area contributed by atoms with Crippen LogP contribution in [0.3, 0.4) is 0 Å². The zero-order chi connectivity index (χ0) is 3.54. The van der Waals surface area contributed by atoms with Crippen LogP contribution < -0.4 is 0 Å². The van der Waals surface area contributed by atoms with Gasteiger partial charge in [0.25, 0.3) is 0 Å². The SMILES string of the molecule is Cl.[C-]1=CC=CC1.[Hf]. The quantitative estimate of drug-likeness (QED) is 0.468. The van der Waals surface area contributed by atoms with Gasteiger partial charge in [-0.25, -0.2) is 12.2 Å². The van der Waals surface area contributed by atoms with Crippen molar-refractivity contribution < 1.29 is 25.8 Å². The fourth-order valence-electron chi connectivity index (χ4n) is 0.340. The van der Waals surface area contributed by atoms with Crippen LogP contribution in [-0.2, 0) is 25.8 Å². The summed E-state index contributed by atoms with van der Waals surface area (Å²) in [6, 6.07) is 0. The van der Waals surface area contributed by atoms with Crippen LogP contribution in [0.5, 0.6) is 0 Å². The molecule has 0 aliphatic heterocycles. The summed E-state index contributed by atoms with van der Waals surface area (Å²) in [5, 5.41) is 0. The molecule has 0 saturated carbocycles. The standard InChI is InChI=1S/C5H5.ClH.Hf/c1-2-4-5-3-1;;/h1-3H,4H2;1H;/q-1;;. The van der Waals surface area contributed by atoms with Gasteiger partial charge in [-0.2, -0.15) is 6.08 Å². The van der Waals surface area contributed by atoms with Gasteiger partial charge in [0, 0.05) is 25.8 Å². The van der Waals surface area contributed by atoms with Crippen molar-refractivity contribution in [2.24, 2.45) is 0 Å². The third-order valence-corrected chi connectivity index (χ3v) is 0.586. The predicted octanol–water partition coefficient (Wildman–Crippen LogP) is 1.72. The zero-order valence-corrected chi connectivity index (χ0v) is 8.26. The summed E-state index contributed by atoms with van der Waals surface area (Å²) in [6.45, 7) is 0. The molecule has 1 aliphatic carbocycles. The molecule has 0 saturated heterocycles. The van der Waals surface area contributed by atoms with E-state index < -0.39 is 0 Å². The van der Waals surface area contributed by atoms with Gasteiger partial charge >= 0.3 is 0 Å². The van der Waals surface area contributed by atoms with Crippen LogP contribution in [-0.4, -0.2) is 0 Å². The van der Waals surface area contributed by atoms with E-state index in [4.69, 9.17) is 0 Å². The maximum atomic E-state index is 2.99. The average molecular weight is 280 g/mol. The van der Waals surface area contributed by atoms with Crippen molar-refractivity contribution in [3.05, 3.63) is 24.3 Å². The van der Waals surface area contributed by atoms with Crippen molar-refractivity contribution in [1.29, 1.82) is 0 Å². The van der Waals surface area contributed by atoms with E-state index in [1.54, 1.807) is 0 Å². The molecule has 38 valence electrons. The van der Waals surface area contributed by atoms with E-state index in [9.17, 15) is 0 Å². The van der Waals surface area contributed by atoms with Gasteiger partial charge in [0.1, 0.15) is 0 Å². The molecule has 0 amide bonds. The molecule has 0 nitrogen and oxygen atoms in total. The monoisotopic (exact) mass is 281 g/mol. The number of hydrogen-bond donors (Lipinski definition) is 0. The fourth-order valence-corrected chi connectivity index (χ4v) is 0.340. The van der Waals surface area contributed by atoms with Gasteiger partial charge in [-0.05, 0) is 0 Å². The normalized spacial score (nSPS) is 12.6. The molecule has 0 fully saturated rings. The van der Waals surface area contributed by atoms with Crippen LogP contribution >= 0.6 is 12.4 Å². The molecule has 7 heavy (non-hydrogen) atoms. The molecule has 2 heteroatoms. The number of rotatable bonds is 0. The summed E-state index contributed by atoms with van der Waals surface area (Å²) in [7, 11) is 0. The Bertz CT molecular complexity index is 66.1. The molecule has 0 heterocycles. The Kier molecular flexibility index (Phi) is 10.0. The molecule has 1 rings (SSSR count). The molecule has 0 radical (unpaired) electrons. The minimum absolute atomic E-state index is 0. The smallest absolute Gasteiger partial charge is 0 e. The molecule has 0 unspecified atom stereocenters. The van der Waals surface area contributed by atoms with Crippen LogP contribution in [0.25, 0.3) is 0 Å². The van der Waals surface area contributed by atoms with E-state index in [1.807, 2.05) is 12.2 Å². The first kappa shape index (κ1) is 10.6. The summed E-state index contributed by atoms with van der Waals surface area (Å²) in [5.41, 5.74) is 0. The average Bonchev–Trinajstić information content (AvgIpc) is 1.76. The first-order chi connectivity index (χ1) is 2.50. The maximum absolute atomic E-state index is 2.99. The number of halogens is 1. The molecule has 0 N–H and O–H groups in total. The Hall–Kier alpha value is 0.640. The van der Waals surface area contributed by atoms with E-state index in [-0.39, 0.29) is 38.3 Å². The molecular formula is C5H6ClHf-. The maximum Gasteiger partial charge on any atom is 0 e. The second kappa shape index (κ2) is 6.64. The summed E-state index contributed by atoms with van der Waals surface area (Å²) in [5.74, 6) is 0. The van der Waals surface area contributed by atoms with E-state index in [2.05, 4.69) is 12.2 Å². The largest absolute Gasteiger partial charge is 0.273 e. The van der Waals surface area contributed by atoms with E-state index >= 15 is 0 Å². The summed E-state index contributed by atoms with van der Waals surface area (Å²) < 4.78 is 0. The van der Waals surface area contributed by atoms with Gasteiger partial charge in [0.15, 0.2) is 0 Å². The van der Waals surface area contributed by atoms with Crippen LogP contribution in [0.2, 0.25) is 0 Å². The second-order valence-corrected chi connectivity index (χ2v) is 1.00. The van der Waals surface area contributed by atoms with Crippen molar-refractivity contribution in [1.82, 2.24) is 0 Å². The van der Waals surface area contributed by atoms with Crippen molar-refractivity contribution in [3.8, 4) is 0 Å². The van der Waals surface area contributed by atoms with Gasteiger partial charge in [-0.1, -0.05) is 0 Å². The van der Waals surface area contributed by atoms with Crippen molar-refractivity contribution in [2.75, 3.05) is 0 Å². The van der Waals surface area contributed by atoms with Gasteiger partial charge in [0.05, 0.1) is 0 Å². The van der Waals surface area contributed by atoms with Gasteiger partial charge in [-0.15, -0.1) is 18.8 Å². The molecule has 0 bridgehead atoms. The van der Waals surface area contributed by atoms with Crippen LogP contribution in [0, 0.1) is 6.08 Å². The first-order valence-corrected chi connectivity index (χ1v) is 1.72. The van der Waals surface area contributed by atoms with Crippen LogP contribution in [0.4, 0.5) is 0 Å². The van der Waals surface area contributed by atoms with Gasteiger partial charge < -0.3 is 0 Å². The van der Waals surface area contributed by atoms with Crippen molar-refractivity contribution >= 4 is 12.4 Å². The number of hydrogen-bond acceptors (Lipinski definition) is 0. The molecule has 1 aliphatic rings. The zero-order valence-electron chi connectivity index (χ0n) is 3.85. The minimum atomic E-state index is 0. The third kappa shape index (κ3) is 4.49. The Balaban J connectivity index is 0. The second-order valence-electron chi connectivity index (χ2n) is 1.00. The van der Waals surface area contributed by atoms with Crippen molar-refractivity contribution in [2.45, 2.75) is 6.42 Å². The Morgan fingerprint density at radius 1 is 1.43 bits per heavy atom.